The van der Waals surface area contributed by atoms with Gasteiger partial charge in [-0.1, -0.05) is 0 Å². The molecule has 0 aliphatic carbocycles. The summed E-state index contributed by atoms with van der Waals surface area (Å²) < 4.78 is 23.1. The lowest BCUT2D eigenvalue weighted by atomic mass is 10.3. The molecule has 0 aromatic heterocycles. The van der Waals surface area contributed by atoms with Crippen LogP contribution in [0.5, 0.6) is 5.75 Å². The number of nitrogen functional groups attached to an aromatic ring is 1. The first kappa shape index (κ1) is 9.37. The zero-order chi connectivity index (χ0) is 9.14. The molecule has 0 heterocycles. The van der Waals surface area contributed by atoms with Crippen molar-refractivity contribution in [1.82, 2.24) is 0 Å². The molecule has 1 aromatic carbocycles. The predicted molar refractivity (Wildman–Crippen MR) is 49.5 cm³/mol. The van der Waals surface area contributed by atoms with Gasteiger partial charge in [-0.3, -0.25) is 4.55 Å². The summed E-state index contributed by atoms with van der Waals surface area (Å²) >= 11 is 1.67. The molecule has 0 saturated carbocycles. The van der Waals surface area contributed by atoms with Gasteiger partial charge < -0.3 is 9.92 Å². The van der Waals surface area contributed by atoms with Crippen LogP contribution in [0.4, 0.5) is 5.69 Å². The molecular weight excluding hydrogens is 198 g/mol. The van der Waals surface area contributed by atoms with E-state index in [2.05, 4.69) is 16.8 Å². The zero-order valence-corrected chi connectivity index (χ0v) is 7.64. The van der Waals surface area contributed by atoms with Crippen LogP contribution in [0, 0.1) is 0 Å². The Morgan fingerprint density at radius 2 is 2.25 bits per heavy atom. The van der Waals surface area contributed by atoms with E-state index in [1.165, 1.54) is 12.1 Å². The molecule has 1 rings (SSSR count). The minimum Gasteiger partial charge on any atom is -0.399 e. The van der Waals surface area contributed by atoms with E-state index in [9.17, 15) is 4.21 Å². The third-order valence-electron chi connectivity index (χ3n) is 1.14. The van der Waals surface area contributed by atoms with Crippen LogP contribution in [-0.2, 0) is 11.4 Å². The second-order valence-electron chi connectivity index (χ2n) is 2.03. The fourth-order valence-electron chi connectivity index (χ4n) is 0.682. The van der Waals surface area contributed by atoms with Crippen LogP contribution in [0.2, 0.25) is 0 Å². The van der Waals surface area contributed by atoms with E-state index in [1.54, 1.807) is 6.07 Å². The van der Waals surface area contributed by atoms with E-state index in [4.69, 9.17) is 10.3 Å². The number of hydrogen-bond acceptors (Lipinski definition) is 4. The van der Waals surface area contributed by atoms with Gasteiger partial charge in [0.15, 0.2) is 5.75 Å². The fourth-order valence-corrected chi connectivity index (χ4v) is 1.31. The molecule has 0 amide bonds. The molecule has 1 aromatic rings. The monoisotopic (exact) mass is 205 g/mol. The lowest BCUT2D eigenvalue weighted by Gasteiger charge is -2.03. The third-order valence-corrected chi connectivity index (χ3v) is 1.82. The van der Waals surface area contributed by atoms with Gasteiger partial charge in [-0.05, 0) is 18.2 Å². The molecule has 6 heteroatoms. The first-order valence-corrected chi connectivity index (χ1v) is 4.45. The van der Waals surface area contributed by atoms with Gasteiger partial charge in [-0.15, -0.1) is 12.6 Å². The molecule has 1 unspecified atom stereocenters. The standard InChI is InChI=1S/C6H7NO3S2/c7-4-1-2-5(6(11)3-4)10-12(8)9/h1-3,11H,7H2,(H,8,9). The van der Waals surface area contributed by atoms with Gasteiger partial charge in [0, 0.05) is 5.69 Å². The van der Waals surface area contributed by atoms with Crippen molar-refractivity contribution in [2.45, 2.75) is 4.90 Å². The highest BCUT2D eigenvalue weighted by Crippen LogP contribution is 2.24. The minimum absolute atomic E-state index is 0.230. The Bertz CT molecular complexity index is 316. The van der Waals surface area contributed by atoms with Gasteiger partial charge in [0.2, 0.25) is 0 Å². The van der Waals surface area contributed by atoms with Gasteiger partial charge >= 0.3 is 11.4 Å². The molecule has 66 valence electrons. The van der Waals surface area contributed by atoms with Crippen molar-refractivity contribution in [2.75, 3.05) is 5.73 Å². The molecular formula is C6H7NO3S2. The molecule has 0 spiro atoms. The largest absolute Gasteiger partial charge is 0.399 e. The number of benzene rings is 1. The predicted octanol–water partition coefficient (Wildman–Crippen LogP) is 1.07. The summed E-state index contributed by atoms with van der Waals surface area (Å²) in [7, 11) is 0. The Kier molecular flexibility index (Phi) is 2.96. The summed E-state index contributed by atoms with van der Waals surface area (Å²) in [5.74, 6) is 0.230. The highest BCUT2D eigenvalue weighted by molar-refractivity contribution is 7.80. The highest BCUT2D eigenvalue weighted by Gasteiger charge is 2.03. The smallest absolute Gasteiger partial charge is 0.357 e. The number of thiol groups is 1. The average Bonchev–Trinajstić information content (AvgIpc) is 1.94. The second-order valence-corrected chi connectivity index (χ2v) is 3.11. The van der Waals surface area contributed by atoms with Gasteiger partial charge in [0.1, 0.15) is 0 Å². The van der Waals surface area contributed by atoms with E-state index in [0.717, 1.165) is 0 Å². The minimum atomic E-state index is -2.32. The average molecular weight is 205 g/mol. The van der Waals surface area contributed by atoms with Crippen LogP contribution in [0.25, 0.3) is 0 Å². The normalized spacial score (nSPS) is 12.5. The lowest BCUT2D eigenvalue weighted by molar-refractivity contribution is 0.453. The molecule has 3 N–H and O–H groups in total. The maximum absolute atomic E-state index is 10.2. The van der Waals surface area contributed by atoms with Gasteiger partial charge in [0.25, 0.3) is 0 Å². The summed E-state index contributed by atoms with van der Waals surface area (Å²) in [4.78, 5) is 0.428. The third kappa shape index (κ3) is 2.40. The fraction of sp³-hybridized carbons (Fsp3) is 0. The number of anilines is 1. The lowest BCUT2D eigenvalue weighted by Crippen LogP contribution is -1.98. The van der Waals surface area contributed by atoms with Crippen LogP contribution in [0.15, 0.2) is 23.1 Å². The molecule has 0 bridgehead atoms. The maximum atomic E-state index is 10.2. The first-order chi connectivity index (χ1) is 5.59. The molecule has 0 aliphatic rings. The van der Waals surface area contributed by atoms with Crippen molar-refractivity contribution in [3.05, 3.63) is 18.2 Å². The van der Waals surface area contributed by atoms with Gasteiger partial charge in [0.05, 0.1) is 4.90 Å². The van der Waals surface area contributed by atoms with Crippen LogP contribution < -0.4 is 9.92 Å². The number of hydrogen-bond donors (Lipinski definition) is 3. The van der Waals surface area contributed by atoms with Crippen LogP contribution >= 0.6 is 12.6 Å². The number of rotatable bonds is 2. The van der Waals surface area contributed by atoms with Crippen molar-refractivity contribution in [2.24, 2.45) is 0 Å². The van der Waals surface area contributed by atoms with E-state index in [1.807, 2.05) is 0 Å². The molecule has 0 aliphatic heterocycles. The van der Waals surface area contributed by atoms with Crippen molar-refractivity contribution in [1.29, 1.82) is 0 Å². The Labute approximate surface area is 77.6 Å². The summed E-state index contributed by atoms with van der Waals surface area (Å²) in [6, 6.07) is 4.57. The van der Waals surface area contributed by atoms with Crippen LogP contribution in [0.3, 0.4) is 0 Å². The van der Waals surface area contributed by atoms with Crippen molar-refractivity contribution in [3.8, 4) is 5.75 Å². The highest BCUT2D eigenvalue weighted by atomic mass is 32.2. The molecule has 0 fully saturated rings. The van der Waals surface area contributed by atoms with Crippen molar-refractivity contribution < 1.29 is 12.9 Å². The Balaban J connectivity index is 2.93. The molecule has 4 nitrogen and oxygen atoms in total. The molecule has 1 atom stereocenters. The molecule has 0 saturated heterocycles. The van der Waals surface area contributed by atoms with Crippen LogP contribution in [-0.4, -0.2) is 8.76 Å². The van der Waals surface area contributed by atoms with Gasteiger partial charge in [-0.2, -0.15) is 4.21 Å². The zero-order valence-electron chi connectivity index (χ0n) is 5.93. The molecule has 0 radical (unpaired) electrons. The SMILES string of the molecule is Nc1ccc(OS(=O)O)c(S)c1. The summed E-state index contributed by atoms with van der Waals surface area (Å²) in [5, 5.41) is 0. The van der Waals surface area contributed by atoms with Crippen molar-refractivity contribution in [3.63, 3.8) is 0 Å². The second kappa shape index (κ2) is 3.79. The summed E-state index contributed by atoms with van der Waals surface area (Å²) in [6.45, 7) is 0. The van der Waals surface area contributed by atoms with E-state index >= 15 is 0 Å². The van der Waals surface area contributed by atoms with Crippen LogP contribution in [0.1, 0.15) is 0 Å². The van der Waals surface area contributed by atoms with E-state index in [-0.39, 0.29) is 5.75 Å². The van der Waals surface area contributed by atoms with E-state index < -0.39 is 11.4 Å². The maximum Gasteiger partial charge on any atom is 0.357 e. The quantitative estimate of drug-likeness (QED) is 0.383. The Morgan fingerprint density at radius 1 is 1.58 bits per heavy atom. The van der Waals surface area contributed by atoms with Gasteiger partial charge in [-0.25, -0.2) is 0 Å². The van der Waals surface area contributed by atoms with E-state index in [0.29, 0.717) is 10.6 Å². The molecule has 12 heavy (non-hydrogen) atoms. The van der Waals surface area contributed by atoms with Crippen molar-refractivity contribution >= 4 is 29.7 Å². The summed E-state index contributed by atoms with van der Waals surface area (Å²) in [6.07, 6.45) is 0. The topological polar surface area (TPSA) is 72.5 Å². The number of nitrogens with two attached hydrogens (primary N) is 1. The Hall–Kier alpha value is -0.720. The first-order valence-electron chi connectivity index (χ1n) is 2.97. The summed E-state index contributed by atoms with van der Waals surface area (Å²) in [5.41, 5.74) is 5.94. The Morgan fingerprint density at radius 3 is 2.75 bits per heavy atom.